The third-order valence-electron chi connectivity index (χ3n) is 3.26. The largest absolute Gasteiger partial charge is 0.304 e. The van der Waals surface area contributed by atoms with Crippen LogP contribution in [0.25, 0.3) is 0 Å². The summed E-state index contributed by atoms with van der Waals surface area (Å²) in [5, 5.41) is 3.13. The number of carbonyl (C=O) groups is 1. The first-order chi connectivity index (χ1) is 9.65. The van der Waals surface area contributed by atoms with Gasteiger partial charge < -0.3 is 5.32 Å². The normalized spacial score (nSPS) is 26.0. The van der Waals surface area contributed by atoms with E-state index in [1.54, 1.807) is 19.1 Å². The van der Waals surface area contributed by atoms with Crippen LogP contribution in [0.4, 0.5) is 8.78 Å². The molecule has 0 radical (unpaired) electrons. The number of carbonyl (C=O) groups excluding carboxylic acids is 1. The number of alkyl halides is 2. The minimum absolute atomic E-state index is 0.178. The molecule has 1 aromatic carbocycles. The summed E-state index contributed by atoms with van der Waals surface area (Å²) in [4.78, 5) is 16.1. The number of hydrogen-bond acceptors (Lipinski definition) is 3. The van der Waals surface area contributed by atoms with E-state index in [-0.39, 0.29) is 11.2 Å². The molecule has 3 atom stereocenters. The van der Waals surface area contributed by atoms with E-state index in [0.717, 1.165) is 17.3 Å². The van der Waals surface area contributed by atoms with Gasteiger partial charge in [0.25, 0.3) is 5.66 Å². The molecule has 1 aliphatic rings. The Bertz CT molecular complexity index is 608. The summed E-state index contributed by atoms with van der Waals surface area (Å²) in [5.74, 6) is -0.752. The molecule has 1 unspecified atom stereocenters. The average molecular weight is 351 g/mol. The van der Waals surface area contributed by atoms with Crippen molar-refractivity contribution in [3.8, 4) is 0 Å². The number of nitrogens with one attached hydrogen (secondary N) is 1. The Morgan fingerprint density at radius 3 is 2.62 bits per heavy atom. The van der Waals surface area contributed by atoms with Gasteiger partial charge in [0.2, 0.25) is 5.91 Å². The van der Waals surface area contributed by atoms with Crippen LogP contribution in [0.3, 0.4) is 0 Å². The molecule has 1 N–H and O–H groups in total. The number of amides is 1. The molecular formula is C13H14ClF2N2OPS. The third-order valence-corrected chi connectivity index (χ3v) is 5.65. The smallest absolute Gasteiger partial charge is 0.282 e. The Morgan fingerprint density at radius 2 is 2.10 bits per heavy atom. The minimum atomic E-state index is -3.23. The predicted molar refractivity (Wildman–Crippen MR) is 86.1 cm³/mol. The van der Waals surface area contributed by atoms with E-state index in [0.29, 0.717) is 5.02 Å². The molecule has 2 rings (SSSR count). The molecule has 0 aliphatic carbocycles. The second kappa shape index (κ2) is 5.82. The summed E-state index contributed by atoms with van der Waals surface area (Å²) in [5.41, 5.74) is -2.46. The summed E-state index contributed by atoms with van der Waals surface area (Å²) in [6.07, 6.45) is 0. The van der Waals surface area contributed by atoms with E-state index in [4.69, 9.17) is 11.6 Å². The molecular weight excluding hydrogens is 337 g/mol. The minimum Gasteiger partial charge on any atom is -0.304 e. The van der Waals surface area contributed by atoms with E-state index in [9.17, 15) is 13.6 Å². The van der Waals surface area contributed by atoms with E-state index in [1.807, 2.05) is 12.1 Å². The Morgan fingerprint density at radius 1 is 1.48 bits per heavy atom. The Hall–Kier alpha value is -0.710. The first-order valence-corrected chi connectivity index (χ1v) is 7.91. The van der Waals surface area contributed by atoms with Crippen molar-refractivity contribution in [1.82, 2.24) is 5.32 Å². The lowest BCUT2D eigenvalue weighted by atomic mass is 10.1. The van der Waals surface area contributed by atoms with E-state index in [2.05, 4.69) is 10.3 Å². The van der Waals surface area contributed by atoms with Crippen molar-refractivity contribution in [3.63, 3.8) is 0 Å². The Balaban J connectivity index is 2.25. The fourth-order valence-electron chi connectivity index (χ4n) is 1.82. The van der Waals surface area contributed by atoms with Gasteiger partial charge in [0.15, 0.2) is 9.91 Å². The van der Waals surface area contributed by atoms with E-state index < -0.39 is 16.3 Å². The third kappa shape index (κ3) is 3.22. The van der Waals surface area contributed by atoms with E-state index in [1.165, 1.54) is 16.2 Å². The SMILES string of the molecule is C[C@H](N=C1NC(=O)[C@@](C)(C(F)(F)P)S1)c1ccccc1Cl. The summed E-state index contributed by atoms with van der Waals surface area (Å²) >= 11 is 6.81. The van der Waals surface area contributed by atoms with Crippen molar-refractivity contribution in [1.29, 1.82) is 0 Å². The van der Waals surface area contributed by atoms with Crippen LogP contribution < -0.4 is 5.32 Å². The van der Waals surface area contributed by atoms with Crippen LogP contribution in [0.2, 0.25) is 5.02 Å². The lowest BCUT2D eigenvalue weighted by molar-refractivity contribution is -0.125. The maximum Gasteiger partial charge on any atom is 0.282 e. The zero-order chi connectivity index (χ0) is 15.8. The molecule has 0 saturated carbocycles. The number of benzene rings is 1. The number of aliphatic imine (C=N–C) groups is 1. The molecule has 1 amide bonds. The summed E-state index contributed by atoms with van der Waals surface area (Å²) in [6.45, 7) is 2.98. The number of hydrogen-bond donors (Lipinski definition) is 1. The zero-order valence-electron chi connectivity index (χ0n) is 11.4. The quantitative estimate of drug-likeness (QED) is 0.841. The fraction of sp³-hybridized carbons (Fsp3) is 0.385. The number of halogens is 3. The van der Waals surface area contributed by atoms with Gasteiger partial charge in [-0.15, -0.1) is 0 Å². The molecule has 1 aliphatic heterocycles. The van der Waals surface area contributed by atoms with Gasteiger partial charge in [0.1, 0.15) is 0 Å². The predicted octanol–water partition coefficient (Wildman–Crippen LogP) is 3.85. The van der Waals surface area contributed by atoms with Crippen molar-refractivity contribution in [2.75, 3.05) is 0 Å². The van der Waals surface area contributed by atoms with Crippen molar-refractivity contribution in [2.45, 2.75) is 30.3 Å². The van der Waals surface area contributed by atoms with Gasteiger partial charge in [0.05, 0.1) is 6.04 Å². The standard InChI is InChI=1S/C13H14ClF2N2OPS/c1-7(8-5-3-4-6-9(8)14)17-11-18-10(19)12(2,21-11)13(15,16)20/h3-7H,20H2,1-2H3,(H,17,18,19)/t7-,12-/m0/s1. The molecule has 3 nitrogen and oxygen atoms in total. The van der Waals surface area contributed by atoms with Crippen LogP contribution in [0, 0.1) is 0 Å². The van der Waals surface area contributed by atoms with Crippen molar-refractivity contribution in [3.05, 3.63) is 34.9 Å². The fourth-order valence-corrected chi connectivity index (χ4v) is 3.44. The molecule has 1 aromatic rings. The number of nitrogens with zero attached hydrogens (tertiary/aromatic N) is 1. The van der Waals surface area contributed by atoms with Crippen molar-refractivity contribution < 1.29 is 13.6 Å². The molecule has 1 fully saturated rings. The highest BCUT2D eigenvalue weighted by Gasteiger charge is 2.58. The maximum atomic E-state index is 13.6. The zero-order valence-corrected chi connectivity index (χ0v) is 14.1. The molecule has 21 heavy (non-hydrogen) atoms. The van der Waals surface area contributed by atoms with Gasteiger partial charge in [-0.1, -0.05) is 50.8 Å². The van der Waals surface area contributed by atoms with Crippen molar-refractivity contribution in [2.24, 2.45) is 4.99 Å². The molecule has 1 saturated heterocycles. The van der Waals surface area contributed by atoms with Gasteiger partial charge in [-0.25, -0.2) is 8.78 Å². The molecule has 8 heteroatoms. The monoisotopic (exact) mass is 350 g/mol. The molecule has 0 aromatic heterocycles. The Labute approximate surface area is 133 Å². The molecule has 0 spiro atoms. The second-order valence-corrected chi connectivity index (χ2v) is 7.38. The second-order valence-electron chi connectivity index (χ2n) is 4.84. The van der Waals surface area contributed by atoms with Crippen LogP contribution in [0.5, 0.6) is 0 Å². The van der Waals surface area contributed by atoms with Crippen LogP contribution in [0.15, 0.2) is 29.3 Å². The highest BCUT2D eigenvalue weighted by Crippen LogP contribution is 2.48. The van der Waals surface area contributed by atoms with Crippen molar-refractivity contribution >= 4 is 43.7 Å². The highest BCUT2D eigenvalue weighted by atomic mass is 35.5. The average Bonchev–Trinajstić information content (AvgIpc) is 2.65. The first-order valence-electron chi connectivity index (χ1n) is 6.14. The molecule has 0 bridgehead atoms. The maximum absolute atomic E-state index is 13.6. The van der Waals surface area contributed by atoms with E-state index >= 15 is 0 Å². The van der Waals surface area contributed by atoms with Gasteiger partial charge in [0, 0.05) is 5.02 Å². The Kier molecular flexibility index (Phi) is 4.62. The van der Waals surface area contributed by atoms with Gasteiger partial charge in [-0.3, -0.25) is 9.79 Å². The molecule has 1 heterocycles. The van der Waals surface area contributed by atoms with Crippen LogP contribution in [-0.2, 0) is 4.79 Å². The van der Waals surface area contributed by atoms with Gasteiger partial charge in [-0.05, 0) is 25.5 Å². The molecule has 114 valence electrons. The van der Waals surface area contributed by atoms with Crippen LogP contribution in [0.1, 0.15) is 25.5 Å². The topological polar surface area (TPSA) is 41.5 Å². The number of rotatable bonds is 3. The van der Waals surface area contributed by atoms with Crippen LogP contribution >= 0.6 is 32.6 Å². The first kappa shape index (κ1) is 16.7. The van der Waals surface area contributed by atoms with Gasteiger partial charge >= 0.3 is 0 Å². The summed E-state index contributed by atoms with van der Waals surface area (Å²) < 4.78 is 25.3. The summed E-state index contributed by atoms with van der Waals surface area (Å²) in [7, 11) is 1.41. The number of thioether (sulfide) groups is 1. The van der Waals surface area contributed by atoms with Crippen LogP contribution in [-0.4, -0.2) is 21.5 Å². The summed E-state index contributed by atoms with van der Waals surface area (Å²) in [6, 6.07) is 6.81. The number of amidine groups is 1. The highest BCUT2D eigenvalue weighted by molar-refractivity contribution is 8.16. The lowest BCUT2D eigenvalue weighted by Gasteiger charge is -2.25. The lowest BCUT2D eigenvalue weighted by Crippen LogP contribution is -2.45. The van der Waals surface area contributed by atoms with Gasteiger partial charge in [-0.2, -0.15) is 0 Å².